The average molecular weight is 547 g/mol. The van der Waals surface area contributed by atoms with E-state index in [1.807, 2.05) is 6.92 Å². The van der Waals surface area contributed by atoms with Crippen LogP contribution in [0.15, 0.2) is 72.8 Å². The number of anilines is 2. The number of rotatable bonds is 9. The van der Waals surface area contributed by atoms with Crippen LogP contribution in [-0.2, 0) is 14.4 Å². The van der Waals surface area contributed by atoms with Crippen molar-refractivity contribution in [3.05, 3.63) is 78.4 Å². The predicted molar refractivity (Wildman–Crippen MR) is 151 cm³/mol. The summed E-state index contributed by atoms with van der Waals surface area (Å²) < 4.78 is 16.6. The molecule has 9 nitrogen and oxygen atoms in total. The summed E-state index contributed by atoms with van der Waals surface area (Å²) in [7, 11) is 2.97. The molecule has 0 radical (unpaired) electrons. The second kappa shape index (κ2) is 12.2. The Morgan fingerprint density at radius 2 is 1.35 bits per heavy atom. The van der Waals surface area contributed by atoms with Crippen molar-refractivity contribution < 1.29 is 33.7 Å². The Morgan fingerprint density at radius 1 is 0.850 bits per heavy atom. The maximum absolute atomic E-state index is 14.0. The second-order valence-corrected chi connectivity index (χ2v) is 9.83. The molecule has 1 aliphatic rings. The number of hydrogen-bond acceptors (Lipinski definition) is 7. The van der Waals surface area contributed by atoms with Crippen molar-refractivity contribution >= 4 is 29.0 Å². The van der Waals surface area contributed by atoms with Gasteiger partial charge in [-0.3, -0.25) is 14.4 Å². The van der Waals surface area contributed by atoms with Gasteiger partial charge in [0, 0.05) is 12.3 Å². The van der Waals surface area contributed by atoms with Gasteiger partial charge in [-0.2, -0.15) is 0 Å². The van der Waals surface area contributed by atoms with Crippen LogP contribution in [0, 0.1) is 11.8 Å². The first-order valence-electron chi connectivity index (χ1n) is 13.1. The van der Waals surface area contributed by atoms with Gasteiger partial charge in [-0.05, 0) is 49.7 Å². The number of amides is 2. The molecule has 3 aromatic rings. The zero-order valence-corrected chi connectivity index (χ0v) is 23.0. The van der Waals surface area contributed by atoms with Gasteiger partial charge in [-0.25, -0.2) is 0 Å². The lowest BCUT2D eigenvalue weighted by Crippen LogP contribution is -2.56. The van der Waals surface area contributed by atoms with Gasteiger partial charge in [0.1, 0.15) is 28.9 Å². The fraction of sp³-hybridized carbons (Fsp3) is 0.323. The Bertz CT molecular complexity index is 1390. The normalized spacial score (nSPS) is 22.2. The van der Waals surface area contributed by atoms with E-state index in [4.69, 9.17) is 14.2 Å². The summed E-state index contributed by atoms with van der Waals surface area (Å²) in [5.41, 5.74) is -0.520. The molecule has 4 unspecified atom stereocenters. The highest BCUT2D eigenvalue weighted by Crippen LogP contribution is 2.49. The second-order valence-electron chi connectivity index (χ2n) is 9.83. The number of carbonyl (C=O) groups excluding carboxylic acids is 3. The Hall–Kier alpha value is -4.37. The largest absolute Gasteiger partial charge is 0.495 e. The molecule has 1 fully saturated rings. The third-order valence-corrected chi connectivity index (χ3v) is 7.14. The predicted octanol–water partition coefficient (Wildman–Crippen LogP) is 4.42. The highest BCUT2D eigenvalue weighted by atomic mass is 16.5. The van der Waals surface area contributed by atoms with Crippen molar-refractivity contribution in [3.8, 4) is 17.2 Å². The number of ketones is 1. The number of ether oxygens (including phenoxy) is 3. The van der Waals surface area contributed by atoms with Gasteiger partial charge >= 0.3 is 0 Å². The van der Waals surface area contributed by atoms with Gasteiger partial charge in [-0.1, -0.05) is 42.5 Å². The molecule has 210 valence electrons. The van der Waals surface area contributed by atoms with Crippen molar-refractivity contribution in [2.75, 3.05) is 31.5 Å². The van der Waals surface area contributed by atoms with Crippen molar-refractivity contribution in [3.63, 3.8) is 0 Å². The quantitative estimate of drug-likeness (QED) is 0.340. The van der Waals surface area contributed by atoms with E-state index in [1.165, 1.54) is 21.1 Å². The SMILES string of the molecule is CCOc1ccccc1C1C(C(=O)Nc2ccccc2OC)C(=O)CC(C)(O)C1C(=O)Nc1ccccc1OC. The van der Waals surface area contributed by atoms with E-state index in [0.29, 0.717) is 40.8 Å². The van der Waals surface area contributed by atoms with E-state index in [1.54, 1.807) is 72.8 Å². The Kier molecular flexibility index (Phi) is 8.74. The van der Waals surface area contributed by atoms with E-state index in [9.17, 15) is 19.5 Å². The van der Waals surface area contributed by atoms with Gasteiger partial charge in [0.15, 0.2) is 0 Å². The van der Waals surface area contributed by atoms with Crippen LogP contribution in [0.2, 0.25) is 0 Å². The molecule has 4 rings (SSSR count). The number of methoxy groups -OCH3 is 2. The molecule has 0 saturated heterocycles. The smallest absolute Gasteiger partial charge is 0.235 e. The van der Waals surface area contributed by atoms with Crippen LogP contribution in [0.3, 0.4) is 0 Å². The number of benzene rings is 3. The zero-order valence-electron chi connectivity index (χ0n) is 23.0. The first-order valence-corrected chi connectivity index (χ1v) is 13.1. The van der Waals surface area contributed by atoms with Crippen LogP contribution in [0.4, 0.5) is 11.4 Å². The van der Waals surface area contributed by atoms with Crippen LogP contribution in [-0.4, -0.2) is 49.1 Å². The molecular weight excluding hydrogens is 512 g/mol. The van der Waals surface area contributed by atoms with Crippen LogP contribution in [0.5, 0.6) is 17.2 Å². The highest BCUT2D eigenvalue weighted by Gasteiger charge is 2.56. The minimum atomic E-state index is -1.77. The molecule has 9 heteroatoms. The van der Waals surface area contributed by atoms with Crippen molar-refractivity contribution in [2.24, 2.45) is 11.8 Å². The molecule has 0 bridgehead atoms. The molecule has 0 aromatic heterocycles. The molecule has 40 heavy (non-hydrogen) atoms. The summed E-state index contributed by atoms with van der Waals surface area (Å²) >= 11 is 0. The fourth-order valence-corrected chi connectivity index (χ4v) is 5.43. The number of nitrogens with one attached hydrogen (secondary N) is 2. The van der Waals surface area contributed by atoms with Gasteiger partial charge in [-0.15, -0.1) is 0 Å². The molecule has 2 amide bonds. The molecule has 0 spiro atoms. The highest BCUT2D eigenvalue weighted by molar-refractivity contribution is 6.11. The average Bonchev–Trinajstić information content (AvgIpc) is 2.93. The van der Waals surface area contributed by atoms with Crippen LogP contribution in [0.25, 0.3) is 0 Å². The Morgan fingerprint density at radius 3 is 1.90 bits per heavy atom. The molecule has 1 aliphatic carbocycles. The molecule has 3 N–H and O–H groups in total. The summed E-state index contributed by atoms with van der Waals surface area (Å²) in [6.45, 7) is 3.59. The summed E-state index contributed by atoms with van der Waals surface area (Å²) in [5, 5.41) is 17.3. The first-order chi connectivity index (χ1) is 19.2. The van der Waals surface area contributed by atoms with Gasteiger partial charge in [0.05, 0.1) is 43.7 Å². The van der Waals surface area contributed by atoms with Crippen molar-refractivity contribution in [1.29, 1.82) is 0 Å². The van der Waals surface area contributed by atoms with Gasteiger partial charge in [0.2, 0.25) is 11.8 Å². The van der Waals surface area contributed by atoms with E-state index in [2.05, 4.69) is 10.6 Å². The maximum atomic E-state index is 14.0. The number of para-hydroxylation sites is 5. The molecule has 4 atom stereocenters. The van der Waals surface area contributed by atoms with Crippen LogP contribution < -0.4 is 24.8 Å². The summed E-state index contributed by atoms with van der Waals surface area (Å²) in [4.78, 5) is 41.5. The summed E-state index contributed by atoms with van der Waals surface area (Å²) in [5.74, 6) is -3.96. The third-order valence-electron chi connectivity index (χ3n) is 7.14. The number of Topliss-reactive ketones (excluding diaryl/α,β-unsaturated/α-hetero) is 1. The number of aliphatic hydroxyl groups is 1. The van der Waals surface area contributed by atoms with E-state index in [-0.39, 0.29) is 0 Å². The van der Waals surface area contributed by atoms with E-state index >= 15 is 0 Å². The lowest BCUT2D eigenvalue weighted by molar-refractivity contribution is -0.150. The Labute approximate surface area is 233 Å². The lowest BCUT2D eigenvalue weighted by Gasteiger charge is -2.44. The molecule has 3 aromatic carbocycles. The zero-order chi connectivity index (χ0) is 28.9. The van der Waals surface area contributed by atoms with Crippen molar-refractivity contribution in [2.45, 2.75) is 31.8 Å². The monoisotopic (exact) mass is 546 g/mol. The minimum absolute atomic E-state index is 0.324. The molecule has 1 saturated carbocycles. The third kappa shape index (κ3) is 5.79. The standard InChI is InChI=1S/C31H34N2O7/c1-5-40-23-15-9-6-12-19(23)26-27(29(35)32-20-13-7-10-16-24(20)38-3)22(34)18-31(2,37)28(26)30(36)33-21-14-8-11-17-25(21)39-4/h6-17,26-28,37H,5,18H2,1-4H3,(H,32,35)(H,33,36). The first kappa shape index (κ1) is 28.6. The molecule has 0 aliphatic heterocycles. The summed E-state index contributed by atoms with van der Waals surface area (Å²) in [6.07, 6.45) is -0.395. The molecule has 0 heterocycles. The van der Waals surface area contributed by atoms with Crippen LogP contribution in [0.1, 0.15) is 31.7 Å². The lowest BCUT2D eigenvalue weighted by atomic mass is 9.61. The summed E-state index contributed by atoms with van der Waals surface area (Å²) in [6, 6.07) is 20.7. The van der Waals surface area contributed by atoms with Gasteiger partial charge in [0.25, 0.3) is 0 Å². The Balaban J connectivity index is 1.83. The van der Waals surface area contributed by atoms with Gasteiger partial charge < -0.3 is 30.0 Å². The number of carbonyl (C=O) groups is 3. The maximum Gasteiger partial charge on any atom is 0.235 e. The topological polar surface area (TPSA) is 123 Å². The van der Waals surface area contributed by atoms with E-state index in [0.717, 1.165) is 0 Å². The fourth-order valence-electron chi connectivity index (χ4n) is 5.43. The minimum Gasteiger partial charge on any atom is -0.495 e. The van der Waals surface area contributed by atoms with Crippen LogP contribution >= 0.6 is 0 Å². The van der Waals surface area contributed by atoms with E-state index < -0.39 is 47.4 Å². The van der Waals surface area contributed by atoms with Crippen molar-refractivity contribution in [1.82, 2.24) is 0 Å². The molecular formula is C31H34N2O7. The number of hydrogen-bond donors (Lipinski definition) is 3.